The number of amides is 4. The van der Waals surface area contributed by atoms with Crippen molar-refractivity contribution in [1.29, 1.82) is 0 Å². The van der Waals surface area contributed by atoms with Gasteiger partial charge in [-0.15, -0.1) is 0 Å². The minimum atomic E-state index is -0.600. The second kappa shape index (κ2) is 5.78. The molecule has 22 heavy (non-hydrogen) atoms. The molecule has 0 unspecified atom stereocenters. The van der Waals surface area contributed by atoms with Crippen LogP contribution in [0.15, 0.2) is 0 Å². The van der Waals surface area contributed by atoms with Gasteiger partial charge in [-0.1, -0.05) is 6.92 Å². The topological polar surface area (TPSA) is 107 Å². The van der Waals surface area contributed by atoms with Crippen LogP contribution in [-0.2, 0) is 29.0 Å². The summed E-state index contributed by atoms with van der Waals surface area (Å²) in [5, 5.41) is 12.0. The Morgan fingerprint density at radius 3 is 2.91 bits per heavy atom. The molecule has 0 radical (unpaired) electrons. The lowest BCUT2D eigenvalue weighted by Crippen LogP contribution is -2.37. The summed E-state index contributed by atoms with van der Waals surface area (Å²) >= 11 is 0. The minimum Gasteiger partial charge on any atom is -0.338 e. The van der Waals surface area contributed by atoms with Crippen molar-refractivity contribution in [3.05, 3.63) is 17.0 Å². The van der Waals surface area contributed by atoms with Gasteiger partial charge in [0.25, 0.3) is 5.91 Å². The molecule has 1 aromatic rings. The lowest BCUT2D eigenvalue weighted by molar-refractivity contribution is -0.132. The molecule has 0 bridgehead atoms. The molecule has 3 N–H and O–H groups in total. The smallest absolute Gasteiger partial charge is 0.322 e. The summed E-state index contributed by atoms with van der Waals surface area (Å²) in [5.74, 6) is -0.357. The normalized spacial score (nSPS) is 20.6. The second-order valence-corrected chi connectivity index (χ2v) is 5.60. The summed E-state index contributed by atoms with van der Waals surface area (Å²) in [6.45, 7) is 3.26. The number of hydrogen-bond donors (Lipinski definition) is 3. The van der Waals surface area contributed by atoms with Gasteiger partial charge in [-0.3, -0.25) is 20.0 Å². The molecule has 3 rings (SSSR count). The third-order valence-corrected chi connectivity index (χ3v) is 4.21. The van der Waals surface area contributed by atoms with E-state index >= 15 is 0 Å². The number of nitrogens with zero attached hydrogens (tertiary/aromatic N) is 2. The van der Waals surface area contributed by atoms with Crippen LogP contribution in [0, 0.1) is 0 Å². The molecule has 2 aliphatic rings. The molecular weight excluding hydrogens is 286 g/mol. The number of carbonyl (C=O) groups is 3. The predicted molar refractivity (Wildman–Crippen MR) is 76.8 cm³/mol. The molecule has 0 saturated carbocycles. The van der Waals surface area contributed by atoms with Crippen molar-refractivity contribution in [2.45, 2.75) is 45.2 Å². The van der Waals surface area contributed by atoms with Gasteiger partial charge in [0, 0.05) is 37.2 Å². The SMILES string of the molecule is CCc1n[nH]c2c1CN(C(=O)CC[C@@H]1NC(=O)NC1=O)CC2. The molecule has 0 aliphatic carbocycles. The van der Waals surface area contributed by atoms with Gasteiger partial charge in [-0.2, -0.15) is 5.10 Å². The lowest BCUT2D eigenvalue weighted by Gasteiger charge is -2.27. The fourth-order valence-electron chi connectivity index (χ4n) is 2.95. The highest BCUT2D eigenvalue weighted by atomic mass is 16.2. The average molecular weight is 305 g/mol. The quantitative estimate of drug-likeness (QED) is 0.672. The Bertz CT molecular complexity index is 610. The third-order valence-electron chi connectivity index (χ3n) is 4.21. The van der Waals surface area contributed by atoms with Crippen LogP contribution in [-0.4, -0.2) is 45.5 Å². The summed E-state index contributed by atoms with van der Waals surface area (Å²) < 4.78 is 0. The van der Waals surface area contributed by atoms with Gasteiger partial charge in [0.15, 0.2) is 0 Å². The van der Waals surface area contributed by atoms with E-state index in [0.717, 1.165) is 29.8 Å². The zero-order valence-corrected chi connectivity index (χ0v) is 12.4. The summed E-state index contributed by atoms with van der Waals surface area (Å²) in [4.78, 5) is 36.6. The molecule has 4 amide bonds. The summed E-state index contributed by atoms with van der Waals surface area (Å²) in [7, 11) is 0. The number of aromatic nitrogens is 2. The van der Waals surface area contributed by atoms with Gasteiger partial charge < -0.3 is 10.2 Å². The van der Waals surface area contributed by atoms with Gasteiger partial charge in [0.05, 0.1) is 5.69 Å². The fourth-order valence-corrected chi connectivity index (χ4v) is 2.95. The Kier molecular flexibility index (Phi) is 3.82. The largest absolute Gasteiger partial charge is 0.338 e. The van der Waals surface area contributed by atoms with Crippen LogP contribution >= 0.6 is 0 Å². The zero-order chi connectivity index (χ0) is 15.7. The Labute approximate surface area is 127 Å². The molecule has 1 atom stereocenters. The molecule has 1 saturated heterocycles. The predicted octanol–water partition coefficient (Wildman–Crippen LogP) is -0.155. The first kappa shape index (κ1) is 14.6. The van der Waals surface area contributed by atoms with Gasteiger partial charge in [0.1, 0.15) is 6.04 Å². The van der Waals surface area contributed by atoms with E-state index in [4.69, 9.17) is 0 Å². The molecule has 2 aliphatic heterocycles. The molecule has 0 spiro atoms. The Hall–Kier alpha value is -2.38. The molecule has 3 heterocycles. The van der Waals surface area contributed by atoms with E-state index in [1.807, 2.05) is 6.92 Å². The van der Waals surface area contributed by atoms with Gasteiger partial charge in [-0.25, -0.2) is 4.79 Å². The van der Waals surface area contributed by atoms with E-state index in [-0.39, 0.29) is 18.2 Å². The summed E-state index contributed by atoms with van der Waals surface area (Å²) in [5.41, 5.74) is 3.24. The van der Waals surface area contributed by atoms with Gasteiger partial charge in [0.2, 0.25) is 5.91 Å². The third kappa shape index (κ3) is 2.68. The zero-order valence-electron chi connectivity index (χ0n) is 12.4. The van der Waals surface area contributed by atoms with Crippen LogP contribution in [0.2, 0.25) is 0 Å². The van der Waals surface area contributed by atoms with Gasteiger partial charge >= 0.3 is 6.03 Å². The number of urea groups is 1. The number of nitrogens with one attached hydrogen (secondary N) is 3. The first-order valence-corrected chi connectivity index (χ1v) is 7.52. The number of carbonyl (C=O) groups excluding carboxylic acids is 3. The molecular formula is C14H19N5O3. The van der Waals surface area contributed by atoms with Crippen molar-refractivity contribution < 1.29 is 14.4 Å². The average Bonchev–Trinajstić information content (AvgIpc) is 3.06. The Balaban J connectivity index is 1.57. The van der Waals surface area contributed by atoms with E-state index in [9.17, 15) is 14.4 Å². The van der Waals surface area contributed by atoms with Crippen LogP contribution in [0.1, 0.15) is 36.7 Å². The maximum Gasteiger partial charge on any atom is 0.322 e. The summed E-state index contributed by atoms with van der Waals surface area (Å²) in [6, 6.07) is -1.09. The van der Waals surface area contributed by atoms with E-state index < -0.39 is 12.1 Å². The van der Waals surface area contributed by atoms with Crippen molar-refractivity contribution in [2.75, 3.05) is 6.54 Å². The highest BCUT2D eigenvalue weighted by Crippen LogP contribution is 2.21. The van der Waals surface area contributed by atoms with E-state index in [2.05, 4.69) is 20.8 Å². The number of fused-ring (bicyclic) bond motifs is 1. The molecule has 8 heteroatoms. The van der Waals surface area contributed by atoms with Crippen molar-refractivity contribution in [3.8, 4) is 0 Å². The minimum absolute atomic E-state index is 0.00264. The number of aromatic amines is 1. The van der Waals surface area contributed by atoms with E-state index in [0.29, 0.717) is 19.5 Å². The first-order valence-electron chi connectivity index (χ1n) is 7.52. The number of imide groups is 1. The van der Waals surface area contributed by atoms with E-state index in [1.165, 1.54) is 0 Å². The van der Waals surface area contributed by atoms with Crippen molar-refractivity contribution >= 4 is 17.8 Å². The maximum atomic E-state index is 12.3. The van der Waals surface area contributed by atoms with Crippen molar-refractivity contribution in [3.63, 3.8) is 0 Å². The van der Waals surface area contributed by atoms with Crippen LogP contribution in [0.4, 0.5) is 4.79 Å². The first-order chi connectivity index (χ1) is 10.6. The number of H-pyrrole nitrogens is 1. The Morgan fingerprint density at radius 2 is 2.23 bits per heavy atom. The van der Waals surface area contributed by atoms with Crippen molar-refractivity contribution in [1.82, 2.24) is 25.7 Å². The van der Waals surface area contributed by atoms with Crippen LogP contribution < -0.4 is 10.6 Å². The van der Waals surface area contributed by atoms with Crippen LogP contribution in [0.5, 0.6) is 0 Å². The number of rotatable bonds is 4. The second-order valence-electron chi connectivity index (χ2n) is 5.60. The fraction of sp³-hybridized carbons (Fsp3) is 0.571. The number of aryl methyl sites for hydroxylation is 1. The van der Waals surface area contributed by atoms with E-state index in [1.54, 1.807) is 4.90 Å². The van der Waals surface area contributed by atoms with Crippen LogP contribution in [0.3, 0.4) is 0 Å². The van der Waals surface area contributed by atoms with Gasteiger partial charge in [-0.05, 0) is 12.8 Å². The van der Waals surface area contributed by atoms with Crippen LogP contribution in [0.25, 0.3) is 0 Å². The monoisotopic (exact) mass is 305 g/mol. The molecule has 8 nitrogen and oxygen atoms in total. The molecule has 118 valence electrons. The standard InChI is InChI=1S/C14H19N5O3/c1-2-9-8-7-19(6-5-10(8)18-17-9)12(20)4-3-11-13(21)16-14(22)15-11/h11H,2-7H2,1H3,(H,17,18)(H2,15,16,21,22)/t11-/m0/s1. The maximum absolute atomic E-state index is 12.3. The highest BCUT2D eigenvalue weighted by molar-refractivity contribution is 6.04. The highest BCUT2D eigenvalue weighted by Gasteiger charge is 2.31. The number of hydrogen-bond acceptors (Lipinski definition) is 4. The summed E-state index contributed by atoms with van der Waals surface area (Å²) in [6.07, 6.45) is 2.18. The molecule has 1 fully saturated rings. The van der Waals surface area contributed by atoms with Crippen molar-refractivity contribution in [2.24, 2.45) is 0 Å². The molecule has 0 aromatic carbocycles. The lowest BCUT2D eigenvalue weighted by atomic mass is 10.0. The Morgan fingerprint density at radius 1 is 1.41 bits per heavy atom. The molecule has 1 aromatic heterocycles.